The fourth-order valence-corrected chi connectivity index (χ4v) is 3.32. The minimum Gasteiger partial charge on any atom is -0.481 e. The van der Waals surface area contributed by atoms with Gasteiger partial charge in [-0.3, -0.25) is 19.4 Å². The number of nitrogens with zero attached hydrogens (tertiary/aromatic N) is 3. The Labute approximate surface area is 226 Å². The lowest BCUT2D eigenvalue weighted by atomic mass is 10.3. The molecule has 0 radical (unpaired) electrons. The SMILES string of the molecule is CC#CC#CC#CC#CC#CC#CC#CC#CC1N(CCC)CCN1CCN(CCC(=O)O)CCC(=O)O. The Kier molecular flexibility index (Phi) is 16.9. The van der Waals surface area contributed by atoms with E-state index in [4.69, 9.17) is 10.2 Å². The van der Waals surface area contributed by atoms with E-state index in [9.17, 15) is 9.59 Å². The van der Waals surface area contributed by atoms with E-state index < -0.39 is 11.9 Å². The maximum absolute atomic E-state index is 11.0. The average molecular weight is 508 g/mol. The Bertz CT molecular complexity index is 1320. The number of aliphatic carboxylic acids is 2. The summed E-state index contributed by atoms with van der Waals surface area (Å²) in [6.45, 7) is 8.20. The van der Waals surface area contributed by atoms with Gasteiger partial charge < -0.3 is 15.1 Å². The maximum atomic E-state index is 11.0. The van der Waals surface area contributed by atoms with Gasteiger partial charge in [-0.25, -0.2) is 0 Å². The minimum absolute atomic E-state index is 0.0309. The van der Waals surface area contributed by atoms with E-state index in [-0.39, 0.29) is 19.0 Å². The molecule has 1 saturated heterocycles. The Hall–Kier alpha value is -4.70. The fourth-order valence-electron chi connectivity index (χ4n) is 3.32. The Morgan fingerprint density at radius 2 is 1.11 bits per heavy atom. The van der Waals surface area contributed by atoms with Gasteiger partial charge in [-0.15, -0.1) is 0 Å². The summed E-state index contributed by atoms with van der Waals surface area (Å²) in [5.74, 6) is 40.4. The normalized spacial score (nSPS) is 13.2. The first-order valence-corrected chi connectivity index (χ1v) is 12.0. The lowest BCUT2D eigenvalue weighted by Gasteiger charge is -2.28. The van der Waals surface area contributed by atoms with Crippen molar-refractivity contribution in [3.63, 3.8) is 0 Å². The maximum Gasteiger partial charge on any atom is 0.304 e. The first-order chi connectivity index (χ1) is 18.5. The van der Waals surface area contributed by atoms with Crippen LogP contribution in [0.2, 0.25) is 0 Å². The van der Waals surface area contributed by atoms with Gasteiger partial charge in [0.05, 0.1) is 12.8 Å². The van der Waals surface area contributed by atoms with Gasteiger partial charge in [0.15, 0.2) is 0 Å². The third-order valence-corrected chi connectivity index (χ3v) is 5.00. The summed E-state index contributed by atoms with van der Waals surface area (Å²) in [4.78, 5) is 28.3. The van der Waals surface area contributed by atoms with Crippen molar-refractivity contribution in [2.45, 2.75) is 39.3 Å². The smallest absolute Gasteiger partial charge is 0.304 e. The van der Waals surface area contributed by atoms with Crippen LogP contribution in [0.4, 0.5) is 0 Å². The largest absolute Gasteiger partial charge is 0.481 e. The van der Waals surface area contributed by atoms with Crippen molar-refractivity contribution in [2.24, 2.45) is 0 Å². The molecular formula is C31H29N3O4. The molecule has 38 heavy (non-hydrogen) atoms. The molecule has 7 heteroatoms. The molecular weight excluding hydrogens is 478 g/mol. The van der Waals surface area contributed by atoms with E-state index in [0.29, 0.717) is 26.2 Å². The number of carboxylic acids is 2. The molecule has 1 heterocycles. The highest BCUT2D eigenvalue weighted by Gasteiger charge is 2.29. The molecule has 7 nitrogen and oxygen atoms in total. The van der Waals surface area contributed by atoms with Crippen molar-refractivity contribution in [3.8, 4) is 94.7 Å². The summed E-state index contributed by atoms with van der Waals surface area (Å²) in [6.07, 6.45) is 0.807. The van der Waals surface area contributed by atoms with Gasteiger partial charge in [0.2, 0.25) is 0 Å². The quantitative estimate of drug-likeness (QED) is 0.397. The van der Waals surface area contributed by atoms with Crippen molar-refractivity contribution < 1.29 is 19.8 Å². The lowest BCUT2D eigenvalue weighted by molar-refractivity contribution is -0.137. The van der Waals surface area contributed by atoms with Gasteiger partial charge in [-0.05, 0) is 96.2 Å². The zero-order valence-corrected chi connectivity index (χ0v) is 21.7. The fraction of sp³-hybridized carbons (Fsp3) is 0.419. The van der Waals surface area contributed by atoms with E-state index in [1.165, 1.54) is 0 Å². The van der Waals surface area contributed by atoms with Crippen LogP contribution in [0.3, 0.4) is 0 Å². The van der Waals surface area contributed by atoms with Crippen LogP contribution >= 0.6 is 0 Å². The van der Waals surface area contributed by atoms with Gasteiger partial charge in [0, 0.05) is 45.8 Å². The van der Waals surface area contributed by atoms with Gasteiger partial charge >= 0.3 is 11.9 Å². The van der Waals surface area contributed by atoms with Crippen LogP contribution in [-0.4, -0.2) is 88.8 Å². The van der Waals surface area contributed by atoms with Crippen LogP contribution in [0.15, 0.2) is 0 Å². The number of rotatable bonds is 11. The minimum atomic E-state index is -0.904. The molecule has 2 N–H and O–H groups in total. The Balaban J connectivity index is 2.75. The number of carbonyl (C=O) groups is 2. The zero-order chi connectivity index (χ0) is 27.8. The third-order valence-electron chi connectivity index (χ3n) is 5.00. The Morgan fingerprint density at radius 1 is 0.684 bits per heavy atom. The number of hydrogen-bond donors (Lipinski definition) is 2. The standard InChI is InChI=1S/C31H29N3O4/c1-3-5-6-7-8-9-10-11-12-13-14-15-16-17-18-19-29-33(22-4-2)27-28-34(29)26-25-32(23-20-30(35)36)24-21-31(37)38/h29H,4,20-28H2,1-2H3,(H,35,36)(H,37,38). The van der Waals surface area contributed by atoms with Gasteiger partial charge in [-0.2, -0.15) is 0 Å². The average Bonchev–Trinajstić information content (AvgIpc) is 3.27. The lowest BCUT2D eigenvalue weighted by Crippen LogP contribution is -2.42. The summed E-state index contributed by atoms with van der Waals surface area (Å²) in [5, 5.41) is 18.0. The van der Waals surface area contributed by atoms with Crippen LogP contribution in [-0.2, 0) is 9.59 Å². The molecule has 0 spiro atoms. The van der Waals surface area contributed by atoms with E-state index in [1.807, 2.05) is 4.90 Å². The molecule has 0 bridgehead atoms. The van der Waals surface area contributed by atoms with E-state index in [1.54, 1.807) is 6.92 Å². The van der Waals surface area contributed by atoms with Crippen molar-refractivity contribution in [1.29, 1.82) is 0 Å². The summed E-state index contributed by atoms with van der Waals surface area (Å²) < 4.78 is 0. The second kappa shape index (κ2) is 20.5. The molecule has 0 aliphatic carbocycles. The highest BCUT2D eigenvalue weighted by Crippen LogP contribution is 2.14. The molecule has 1 atom stereocenters. The van der Waals surface area contributed by atoms with Crippen LogP contribution in [0.25, 0.3) is 0 Å². The van der Waals surface area contributed by atoms with E-state index in [0.717, 1.165) is 26.1 Å². The molecule has 1 aliphatic rings. The summed E-state index contributed by atoms with van der Waals surface area (Å²) in [5.41, 5.74) is 0. The number of hydrogen-bond acceptors (Lipinski definition) is 5. The van der Waals surface area contributed by atoms with Crippen LogP contribution < -0.4 is 0 Å². The molecule has 0 aromatic heterocycles. The molecule has 1 fully saturated rings. The molecule has 192 valence electrons. The van der Waals surface area contributed by atoms with Crippen molar-refractivity contribution in [3.05, 3.63) is 0 Å². The second-order valence-electron chi connectivity index (χ2n) is 7.72. The van der Waals surface area contributed by atoms with Crippen molar-refractivity contribution in [1.82, 2.24) is 14.7 Å². The molecule has 1 unspecified atom stereocenters. The molecule has 0 aromatic carbocycles. The molecule has 0 amide bonds. The molecule has 0 aromatic rings. The van der Waals surface area contributed by atoms with E-state index in [2.05, 4.69) is 111 Å². The van der Waals surface area contributed by atoms with Crippen LogP contribution in [0.1, 0.15) is 33.1 Å². The monoisotopic (exact) mass is 507 g/mol. The van der Waals surface area contributed by atoms with Gasteiger partial charge in [0.25, 0.3) is 0 Å². The highest BCUT2D eigenvalue weighted by atomic mass is 16.4. The predicted octanol–water partition coefficient (Wildman–Crippen LogP) is 0.639. The number of carboxylic acid groups (broad SMARTS) is 2. The Morgan fingerprint density at radius 3 is 1.53 bits per heavy atom. The van der Waals surface area contributed by atoms with Crippen molar-refractivity contribution >= 4 is 11.9 Å². The molecule has 0 saturated carbocycles. The molecule has 1 rings (SSSR count). The first kappa shape index (κ1) is 31.3. The van der Waals surface area contributed by atoms with E-state index >= 15 is 0 Å². The van der Waals surface area contributed by atoms with Gasteiger partial charge in [-0.1, -0.05) is 18.8 Å². The van der Waals surface area contributed by atoms with Crippen LogP contribution in [0.5, 0.6) is 0 Å². The summed E-state index contributed by atoms with van der Waals surface area (Å²) in [7, 11) is 0. The third kappa shape index (κ3) is 15.3. The second-order valence-corrected chi connectivity index (χ2v) is 7.72. The first-order valence-electron chi connectivity index (χ1n) is 12.0. The van der Waals surface area contributed by atoms with Crippen molar-refractivity contribution in [2.75, 3.05) is 45.8 Å². The topological polar surface area (TPSA) is 84.3 Å². The summed E-state index contributed by atoms with van der Waals surface area (Å²) in [6, 6.07) is 0. The van der Waals surface area contributed by atoms with Crippen LogP contribution in [0, 0.1) is 94.7 Å². The predicted molar refractivity (Wildman–Crippen MR) is 146 cm³/mol. The zero-order valence-electron chi connectivity index (χ0n) is 21.7. The highest BCUT2D eigenvalue weighted by molar-refractivity contribution is 5.67. The summed E-state index contributed by atoms with van der Waals surface area (Å²) >= 11 is 0. The molecule has 1 aliphatic heterocycles. The van der Waals surface area contributed by atoms with Gasteiger partial charge in [0.1, 0.15) is 6.17 Å².